The predicted molar refractivity (Wildman–Crippen MR) is 137 cm³/mol. The highest BCUT2D eigenvalue weighted by molar-refractivity contribution is 7.99. The van der Waals surface area contributed by atoms with Gasteiger partial charge < -0.3 is 16.0 Å². The van der Waals surface area contributed by atoms with Gasteiger partial charge in [-0.05, 0) is 73.0 Å². The van der Waals surface area contributed by atoms with Gasteiger partial charge in [-0.25, -0.2) is 14.8 Å². The van der Waals surface area contributed by atoms with Gasteiger partial charge in [0.05, 0.1) is 6.08 Å². The van der Waals surface area contributed by atoms with Gasteiger partial charge in [0, 0.05) is 28.0 Å². The third-order valence-electron chi connectivity index (χ3n) is 5.08. The Morgan fingerprint density at radius 2 is 1.63 bits per heavy atom. The highest BCUT2D eigenvalue weighted by Crippen LogP contribution is 2.31. The van der Waals surface area contributed by atoms with Crippen LogP contribution in [0.25, 0.3) is 0 Å². The molecule has 0 radical (unpaired) electrons. The molecule has 0 aliphatic carbocycles. The van der Waals surface area contributed by atoms with Gasteiger partial charge in [0.1, 0.15) is 5.82 Å². The minimum absolute atomic E-state index is 0.309. The normalized spacial score (nSPS) is 12.6. The minimum atomic E-state index is -0.407. The molecule has 1 aliphatic heterocycles. The van der Waals surface area contributed by atoms with E-state index in [-0.39, 0.29) is 6.03 Å². The lowest BCUT2D eigenvalue weighted by Crippen LogP contribution is -2.19. The standard InChI is InChI=1S/C25H25N7O2S/c1-14(2)17-5-7-18(8-6-17)27-24(34)28-19-9-10-20(15(3)11-19)35-25-26-16(4)12-21(30-25)29-22-13-23(33)32-31-22/h5-14H,1-4H3,(H,26,29,30)(H2,27,28,34). The number of azo groups is 1. The molecule has 2 heterocycles. The molecule has 0 atom stereocenters. The Labute approximate surface area is 207 Å². The highest BCUT2D eigenvalue weighted by atomic mass is 32.2. The van der Waals surface area contributed by atoms with Crippen LogP contribution in [0, 0.1) is 13.8 Å². The van der Waals surface area contributed by atoms with Crippen molar-refractivity contribution in [1.82, 2.24) is 9.97 Å². The molecule has 1 aliphatic rings. The number of hydrogen-bond acceptors (Lipinski definition) is 7. The summed E-state index contributed by atoms with van der Waals surface area (Å²) >= 11 is 1.40. The first-order valence-electron chi connectivity index (χ1n) is 11.0. The fourth-order valence-corrected chi connectivity index (χ4v) is 4.19. The average molecular weight is 488 g/mol. The molecule has 3 amide bonds. The summed E-state index contributed by atoms with van der Waals surface area (Å²) in [5.41, 5.74) is 4.36. The number of aryl methyl sites for hydroxylation is 2. The van der Waals surface area contributed by atoms with E-state index in [1.54, 1.807) is 6.07 Å². The Kier molecular flexibility index (Phi) is 7.21. The molecule has 1 aromatic heterocycles. The number of aromatic nitrogens is 2. The fourth-order valence-electron chi connectivity index (χ4n) is 3.31. The van der Waals surface area contributed by atoms with Crippen molar-refractivity contribution in [3.63, 3.8) is 0 Å². The summed E-state index contributed by atoms with van der Waals surface area (Å²) < 4.78 is 0. The van der Waals surface area contributed by atoms with E-state index in [0.717, 1.165) is 21.8 Å². The number of carbonyl (C=O) groups excluding carboxylic acids is 2. The summed E-state index contributed by atoms with van der Waals surface area (Å²) in [6, 6.07) is 14.9. The monoisotopic (exact) mass is 487 g/mol. The second-order valence-electron chi connectivity index (χ2n) is 8.31. The van der Waals surface area contributed by atoms with Crippen molar-refractivity contribution in [1.29, 1.82) is 0 Å². The molecular weight excluding hydrogens is 462 g/mol. The zero-order valence-corrected chi connectivity index (χ0v) is 20.6. The molecule has 0 unspecified atom stereocenters. The zero-order valence-electron chi connectivity index (χ0n) is 19.8. The number of benzene rings is 2. The first-order valence-corrected chi connectivity index (χ1v) is 11.8. The largest absolute Gasteiger partial charge is 0.323 e. The van der Waals surface area contributed by atoms with Gasteiger partial charge in [-0.2, -0.15) is 0 Å². The van der Waals surface area contributed by atoms with Gasteiger partial charge in [0.2, 0.25) is 0 Å². The van der Waals surface area contributed by atoms with Crippen LogP contribution in [0.15, 0.2) is 80.7 Å². The van der Waals surface area contributed by atoms with Gasteiger partial charge in [0.15, 0.2) is 11.0 Å². The Bertz CT molecular complexity index is 1330. The maximum absolute atomic E-state index is 12.4. The Morgan fingerprint density at radius 1 is 0.914 bits per heavy atom. The number of urea groups is 1. The second kappa shape index (κ2) is 10.5. The molecule has 4 rings (SSSR count). The molecule has 0 bridgehead atoms. The summed E-state index contributed by atoms with van der Waals surface area (Å²) in [7, 11) is 0. The summed E-state index contributed by atoms with van der Waals surface area (Å²) in [6.45, 7) is 8.08. The van der Waals surface area contributed by atoms with Crippen LogP contribution in [0.4, 0.5) is 22.0 Å². The summed E-state index contributed by atoms with van der Waals surface area (Å²) in [5.74, 6) is 0.890. The summed E-state index contributed by atoms with van der Waals surface area (Å²) in [5, 5.41) is 16.4. The SMILES string of the molecule is Cc1cc(NC2=CC(=O)N=N2)nc(Sc2ccc(NC(=O)Nc3ccc(C(C)C)cc3)cc2C)n1. The average Bonchev–Trinajstić information content (AvgIpc) is 3.20. The molecule has 9 nitrogen and oxygen atoms in total. The number of nitrogens with zero attached hydrogens (tertiary/aromatic N) is 4. The van der Waals surface area contributed by atoms with Gasteiger partial charge in [-0.3, -0.25) is 4.79 Å². The minimum Gasteiger partial charge on any atom is -0.323 e. The summed E-state index contributed by atoms with van der Waals surface area (Å²) in [6.07, 6.45) is 1.30. The maximum atomic E-state index is 12.4. The smallest absolute Gasteiger partial charge is 0.323 e. The van der Waals surface area contributed by atoms with E-state index in [1.807, 2.05) is 56.3 Å². The van der Waals surface area contributed by atoms with Crippen molar-refractivity contribution in [3.8, 4) is 0 Å². The Morgan fingerprint density at radius 3 is 2.29 bits per heavy atom. The molecule has 2 aromatic carbocycles. The highest BCUT2D eigenvalue weighted by Gasteiger charge is 2.12. The molecule has 3 N–H and O–H groups in total. The molecule has 10 heteroatoms. The lowest BCUT2D eigenvalue weighted by molar-refractivity contribution is -0.113. The van der Waals surface area contributed by atoms with Crippen LogP contribution in [0.2, 0.25) is 0 Å². The number of hydrogen-bond donors (Lipinski definition) is 3. The summed E-state index contributed by atoms with van der Waals surface area (Å²) in [4.78, 5) is 33.6. The van der Waals surface area contributed by atoms with Gasteiger partial charge in [-0.1, -0.05) is 26.0 Å². The number of amides is 3. The quantitative estimate of drug-likeness (QED) is 0.338. The number of carbonyl (C=O) groups is 2. The van der Waals surface area contributed by atoms with Crippen LogP contribution in [0.5, 0.6) is 0 Å². The van der Waals surface area contributed by atoms with E-state index in [0.29, 0.717) is 28.4 Å². The predicted octanol–water partition coefficient (Wildman–Crippen LogP) is 6.26. The lowest BCUT2D eigenvalue weighted by Gasteiger charge is -2.12. The lowest BCUT2D eigenvalue weighted by atomic mass is 10.0. The van der Waals surface area contributed by atoms with Crippen molar-refractivity contribution in [2.75, 3.05) is 16.0 Å². The fraction of sp³-hybridized carbons (Fsp3) is 0.200. The second-order valence-corrected chi connectivity index (χ2v) is 9.32. The van der Waals surface area contributed by atoms with Crippen LogP contribution in [-0.4, -0.2) is 21.9 Å². The molecule has 0 fully saturated rings. The third kappa shape index (κ3) is 6.51. The van der Waals surface area contributed by atoms with Crippen molar-refractivity contribution < 1.29 is 9.59 Å². The van der Waals surface area contributed by atoms with Crippen LogP contribution < -0.4 is 16.0 Å². The Balaban J connectivity index is 1.40. The molecular formula is C25H25N7O2S. The zero-order chi connectivity index (χ0) is 24.9. The van der Waals surface area contributed by atoms with E-state index < -0.39 is 5.91 Å². The molecule has 0 spiro atoms. The van der Waals surface area contributed by atoms with E-state index in [2.05, 4.69) is 50.0 Å². The van der Waals surface area contributed by atoms with Gasteiger partial charge in [0.25, 0.3) is 5.91 Å². The molecule has 0 saturated heterocycles. The van der Waals surface area contributed by atoms with Crippen molar-refractivity contribution in [2.24, 2.45) is 10.2 Å². The van der Waals surface area contributed by atoms with Gasteiger partial charge >= 0.3 is 6.03 Å². The van der Waals surface area contributed by atoms with Crippen LogP contribution in [-0.2, 0) is 4.79 Å². The van der Waals surface area contributed by atoms with Gasteiger partial charge in [-0.15, -0.1) is 10.2 Å². The molecule has 3 aromatic rings. The molecule has 35 heavy (non-hydrogen) atoms. The van der Waals surface area contributed by atoms with Crippen molar-refractivity contribution in [2.45, 2.75) is 43.7 Å². The van der Waals surface area contributed by atoms with Crippen molar-refractivity contribution in [3.05, 3.63) is 77.2 Å². The Hall–Kier alpha value is -4.05. The number of rotatable bonds is 7. The van der Waals surface area contributed by atoms with Crippen LogP contribution in [0.1, 0.15) is 36.6 Å². The maximum Gasteiger partial charge on any atom is 0.323 e. The third-order valence-corrected chi connectivity index (χ3v) is 6.12. The first kappa shape index (κ1) is 24.1. The van der Waals surface area contributed by atoms with E-state index in [4.69, 9.17) is 0 Å². The first-order chi connectivity index (χ1) is 16.7. The number of nitrogens with one attached hydrogen (secondary N) is 3. The molecule has 0 saturated carbocycles. The van der Waals surface area contributed by atoms with E-state index >= 15 is 0 Å². The van der Waals surface area contributed by atoms with E-state index in [9.17, 15) is 9.59 Å². The van der Waals surface area contributed by atoms with E-state index in [1.165, 1.54) is 23.4 Å². The molecule has 178 valence electrons. The van der Waals surface area contributed by atoms with Crippen LogP contribution in [0.3, 0.4) is 0 Å². The number of anilines is 3. The topological polar surface area (TPSA) is 121 Å². The van der Waals surface area contributed by atoms with Crippen molar-refractivity contribution >= 4 is 40.9 Å². The van der Waals surface area contributed by atoms with Crippen LogP contribution >= 0.6 is 11.8 Å².